The highest BCUT2D eigenvalue weighted by atomic mass is 79.9. The van der Waals surface area contributed by atoms with Crippen LogP contribution < -0.4 is 4.74 Å². The molecule has 0 aliphatic carbocycles. The van der Waals surface area contributed by atoms with Crippen LogP contribution in [-0.2, 0) is 52.9 Å². The van der Waals surface area contributed by atoms with E-state index in [9.17, 15) is 30.4 Å². The average molecular weight is 1030 g/mol. The molecule has 2 atom stereocenters. The molecule has 1 N–H and O–H groups in total. The van der Waals surface area contributed by atoms with Crippen LogP contribution in [0.2, 0.25) is 0 Å². The van der Waals surface area contributed by atoms with Crippen LogP contribution in [0.25, 0.3) is 0 Å². The van der Waals surface area contributed by atoms with Crippen LogP contribution in [0, 0.1) is 6.92 Å². The van der Waals surface area contributed by atoms with Crippen LogP contribution in [0.3, 0.4) is 0 Å². The van der Waals surface area contributed by atoms with E-state index in [0.29, 0.717) is 34.5 Å². The number of hydrogen-bond donors (Lipinski definition) is 1. The Labute approximate surface area is 374 Å². The summed E-state index contributed by atoms with van der Waals surface area (Å²) >= 11 is 6.48. The monoisotopic (exact) mass is 1020 g/mol. The number of sulfone groups is 2. The molecule has 0 aromatic heterocycles. The second-order valence-corrected chi connectivity index (χ2v) is 21.8. The Bertz CT molecular complexity index is 2590. The Kier molecular flexibility index (Phi) is 16.0. The predicted molar refractivity (Wildman–Crippen MR) is 233 cm³/mol. The summed E-state index contributed by atoms with van der Waals surface area (Å²) in [6.45, 7) is 10.2. The summed E-state index contributed by atoms with van der Waals surface area (Å²) in [5.74, 6) is -0.710. The van der Waals surface area contributed by atoms with Gasteiger partial charge in [0.15, 0.2) is 11.6 Å². The number of hydrogen-bond acceptors (Lipinski definition) is 13. The van der Waals surface area contributed by atoms with E-state index in [1.165, 1.54) is 42.5 Å². The lowest BCUT2D eigenvalue weighted by Gasteiger charge is -2.17. The van der Waals surface area contributed by atoms with Crippen molar-refractivity contribution in [3.8, 4) is 11.5 Å². The molecule has 0 radical (unpaired) electrons. The van der Waals surface area contributed by atoms with E-state index in [1.807, 2.05) is 20.8 Å². The second kappa shape index (κ2) is 20.2. The van der Waals surface area contributed by atoms with Gasteiger partial charge < -0.3 is 28.8 Å². The molecule has 0 bridgehead atoms. The molecule has 2 saturated heterocycles. The standard InChI is InChI=1S/C18H19BrO5S.C13H18O5S.C12H9BrO3S/c1-18(2)23-12-13(24-18)11-22-17-9-8-15(10-16(17)19)25(20,21)14-6-4-3-5-7-14;1-10-4-6-12(7-5-10)19(14,15)17-9-11-8-16-13(2,3)18-11;13-11-8-10(6-7-12(11)14)17(15,16)9-4-2-1-3-5-9/h3-10,13H,11-12H2,1-2H3;4-7,11H,8-9H2,1-3H3;1-8,14H/t;11-;/m.1./s1. The lowest BCUT2D eigenvalue weighted by atomic mass is 10.2. The third kappa shape index (κ3) is 13.4. The van der Waals surface area contributed by atoms with Crippen molar-refractivity contribution in [2.24, 2.45) is 0 Å². The molecule has 328 valence electrons. The van der Waals surface area contributed by atoms with Gasteiger partial charge in [-0.05, 0) is 139 Å². The van der Waals surface area contributed by atoms with Crippen LogP contribution >= 0.6 is 31.9 Å². The molecule has 2 aliphatic heterocycles. The molecule has 7 rings (SSSR count). The third-order valence-corrected chi connectivity index (χ3v) is 14.9. The van der Waals surface area contributed by atoms with Crippen molar-refractivity contribution in [3.63, 3.8) is 0 Å². The second-order valence-electron chi connectivity index (χ2n) is 14.6. The minimum absolute atomic E-state index is 0.0111. The van der Waals surface area contributed by atoms with Gasteiger partial charge in [-0.15, -0.1) is 0 Å². The Balaban J connectivity index is 0.000000177. The molecule has 0 spiro atoms. The maximum Gasteiger partial charge on any atom is 0.297 e. The van der Waals surface area contributed by atoms with Crippen molar-refractivity contribution in [2.75, 3.05) is 26.4 Å². The van der Waals surface area contributed by atoms with E-state index in [2.05, 4.69) is 31.9 Å². The summed E-state index contributed by atoms with van der Waals surface area (Å²) in [7, 11) is -10.8. The first-order chi connectivity index (χ1) is 28.6. The van der Waals surface area contributed by atoms with Gasteiger partial charge in [0, 0.05) is 0 Å². The van der Waals surface area contributed by atoms with Crippen LogP contribution in [0.4, 0.5) is 0 Å². The fourth-order valence-electron chi connectivity index (χ4n) is 5.70. The van der Waals surface area contributed by atoms with Crippen molar-refractivity contribution in [3.05, 3.63) is 136 Å². The Morgan fingerprint density at radius 3 is 1.48 bits per heavy atom. The molecule has 0 saturated carbocycles. The molecule has 1 unspecified atom stereocenters. The zero-order valence-electron chi connectivity index (χ0n) is 33.9. The molecular formula is C43H46Br2O13S3. The zero-order valence-corrected chi connectivity index (χ0v) is 39.5. The molecule has 2 aliphatic rings. The lowest BCUT2D eigenvalue weighted by molar-refractivity contribution is -0.141. The first-order valence-corrected chi connectivity index (χ1v) is 24.6. The van der Waals surface area contributed by atoms with Gasteiger partial charge in [0.2, 0.25) is 19.7 Å². The highest BCUT2D eigenvalue weighted by Gasteiger charge is 2.34. The topological polar surface area (TPSA) is 178 Å². The molecule has 18 heteroatoms. The third-order valence-electron chi connectivity index (χ3n) is 8.83. The first-order valence-electron chi connectivity index (χ1n) is 18.7. The fraction of sp³-hybridized carbons (Fsp3) is 0.302. The van der Waals surface area contributed by atoms with Crippen molar-refractivity contribution >= 4 is 61.7 Å². The van der Waals surface area contributed by atoms with E-state index < -0.39 is 41.4 Å². The number of rotatable bonds is 11. The van der Waals surface area contributed by atoms with E-state index in [4.69, 9.17) is 27.9 Å². The van der Waals surface area contributed by atoms with Crippen molar-refractivity contribution in [1.82, 2.24) is 0 Å². The molecule has 0 amide bonds. The zero-order chi connectivity index (χ0) is 44.6. The van der Waals surface area contributed by atoms with Crippen molar-refractivity contribution in [2.45, 2.75) is 82.9 Å². The Morgan fingerprint density at radius 2 is 1.03 bits per heavy atom. The molecule has 5 aromatic rings. The summed E-state index contributed by atoms with van der Waals surface area (Å²) in [6, 6.07) is 31.9. The van der Waals surface area contributed by atoms with Gasteiger partial charge >= 0.3 is 0 Å². The number of benzene rings is 5. The summed E-state index contributed by atoms with van der Waals surface area (Å²) in [5.41, 5.74) is 0.994. The maximum atomic E-state index is 12.6. The smallest absolute Gasteiger partial charge is 0.297 e. The Hall–Kier alpha value is -3.69. The number of aromatic hydroxyl groups is 1. The van der Waals surface area contributed by atoms with E-state index in [1.54, 1.807) is 92.7 Å². The van der Waals surface area contributed by atoms with Gasteiger partial charge in [-0.3, -0.25) is 4.18 Å². The van der Waals surface area contributed by atoms with Crippen molar-refractivity contribution < 1.29 is 58.2 Å². The summed E-state index contributed by atoms with van der Waals surface area (Å²) in [6.07, 6.45) is -0.523. The van der Waals surface area contributed by atoms with Crippen LogP contribution in [0.5, 0.6) is 11.5 Å². The number of halogens is 2. The van der Waals surface area contributed by atoms with Crippen molar-refractivity contribution in [1.29, 1.82) is 0 Å². The lowest BCUT2D eigenvalue weighted by Crippen LogP contribution is -2.25. The molecule has 2 fully saturated rings. The molecule has 5 aromatic carbocycles. The highest BCUT2D eigenvalue weighted by molar-refractivity contribution is 9.11. The number of ether oxygens (including phenoxy) is 5. The quantitative estimate of drug-likeness (QED) is 0.125. The van der Waals surface area contributed by atoms with E-state index in [0.717, 1.165) is 5.56 Å². The number of phenols is 1. The van der Waals surface area contributed by atoms with Gasteiger partial charge in [-0.2, -0.15) is 8.42 Å². The normalized spacial score (nSPS) is 18.3. The largest absolute Gasteiger partial charge is 0.507 e. The van der Waals surface area contributed by atoms with Gasteiger partial charge in [0.05, 0.1) is 53.2 Å². The minimum atomic E-state index is -3.74. The van der Waals surface area contributed by atoms with Gasteiger partial charge in [-0.1, -0.05) is 54.1 Å². The number of aryl methyl sites for hydroxylation is 1. The summed E-state index contributed by atoms with van der Waals surface area (Å²) < 4.78 is 107. The Morgan fingerprint density at radius 1 is 0.590 bits per heavy atom. The number of phenolic OH excluding ortho intramolecular Hbond substituents is 1. The molecule has 2 heterocycles. The van der Waals surface area contributed by atoms with Gasteiger partial charge in [0.25, 0.3) is 10.1 Å². The molecular weight excluding hydrogens is 980 g/mol. The van der Waals surface area contributed by atoms with Gasteiger partial charge in [0.1, 0.15) is 30.3 Å². The fourth-order valence-corrected chi connectivity index (χ4v) is 10.4. The van der Waals surface area contributed by atoms with Crippen LogP contribution in [-0.4, -0.2) is 80.6 Å². The van der Waals surface area contributed by atoms with Gasteiger partial charge in [-0.25, -0.2) is 16.8 Å². The van der Waals surface area contributed by atoms with E-state index >= 15 is 0 Å². The maximum absolute atomic E-state index is 12.6. The SMILES string of the molecule is CC1(C)OCC(COc2ccc(S(=O)(=O)c3ccccc3)cc2Br)O1.Cc1ccc(S(=O)(=O)OC[C@H]2COC(C)(C)O2)cc1.O=S(=O)(c1ccccc1)c1ccc(O)c(Br)c1. The summed E-state index contributed by atoms with van der Waals surface area (Å²) in [4.78, 5) is 0.996. The minimum Gasteiger partial charge on any atom is -0.507 e. The highest BCUT2D eigenvalue weighted by Crippen LogP contribution is 2.32. The first kappa shape index (κ1) is 48.3. The van der Waals surface area contributed by atoms with Crippen LogP contribution in [0.15, 0.2) is 155 Å². The molecule has 61 heavy (non-hydrogen) atoms. The average Bonchev–Trinajstić information content (AvgIpc) is 3.77. The van der Waals surface area contributed by atoms with E-state index in [-0.39, 0.29) is 49.0 Å². The molecule has 13 nitrogen and oxygen atoms in total. The predicted octanol–water partition coefficient (Wildman–Crippen LogP) is 8.65. The van der Waals surface area contributed by atoms with Crippen LogP contribution in [0.1, 0.15) is 33.3 Å². The summed E-state index contributed by atoms with van der Waals surface area (Å²) in [5, 5.41) is 9.34.